The number of nitrogens with two attached hydrogens (primary N) is 1. The van der Waals surface area contributed by atoms with Crippen LogP contribution in [0.25, 0.3) is 0 Å². The highest BCUT2D eigenvalue weighted by Crippen LogP contribution is 2.43. The number of hydrogen-bond donors (Lipinski definition) is 2. The van der Waals surface area contributed by atoms with Crippen LogP contribution < -0.4 is 5.73 Å². The van der Waals surface area contributed by atoms with E-state index in [9.17, 15) is 19.0 Å². The van der Waals surface area contributed by atoms with E-state index in [1.807, 2.05) is 0 Å². The lowest BCUT2D eigenvalue weighted by molar-refractivity contribution is -0.161. The molecule has 0 amide bonds. The first-order valence-corrected chi connectivity index (χ1v) is 22.7. The van der Waals surface area contributed by atoms with Crippen molar-refractivity contribution in [1.82, 2.24) is 0 Å². The van der Waals surface area contributed by atoms with Gasteiger partial charge in [0.2, 0.25) is 0 Å². The van der Waals surface area contributed by atoms with Crippen LogP contribution in [0.3, 0.4) is 0 Å². The van der Waals surface area contributed by atoms with Crippen LogP contribution in [0.2, 0.25) is 0 Å². The summed E-state index contributed by atoms with van der Waals surface area (Å²) in [5, 5.41) is 0. The van der Waals surface area contributed by atoms with Crippen molar-refractivity contribution >= 4 is 19.8 Å². The fourth-order valence-electron chi connectivity index (χ4n) is 5.98. The average molecular weight is 746 g/mol. The summed E-state index contributed by atoms with van der Waals surface area (Å²) < 4.78 is 32.7. The third-order valence-electron chi connectivity index (χ3n) is 9.15. The van der Waals surface area contributed by atoms with Crippen molar-refractivity contribution in [3.63, 3.8) is 0 Å². The number of allylic oxidation sites excluding steroid dienone is 2. The summed E-state index contributed by atoms with van der Waals surface area (Å²) in [5.74, 6) is -0.838. The first-order valence-electron chi connectivity index (χ1n) is 21.2. The SMILES string of the molecule is CCCCCCCC/C=C/CCCCCC(=O)OC[C@H](COP(=O)(O)OCCN)OC(=O)CCCCCCCCCCCCCCCCCCC. The Morgan fingerprint density at radius 2 is 0.961 bits per heavy atom. The van der Waals surface area contributed by atoms with E-state index in [4.69, 9.17) is 24.3 Å². The molecule has 3 N–H and O–H groups in total. The van der Waals surface area contributed by atoms with Crippen molar-refractivity contribution in [2.75, 3.05) is 26.4 Å². The molecule has 9 nitrogen and oxygen atoms in total. The minimum Gasteiger partial charge on any atom is -0.462 e. The zero-order chi connectivity index (χ0) is 37.5. The van der Waals surface area contributed by atoms with Crippen molar-refractivity contribution in [1.29, 1.82) is 0 Å². The molecule has 0 spiro atoms. The molecule has 0 rings (SSSR count). The monoisotopic (exact) mass is 746 g/mol. The van der Waals surface area contributed by atoms with E-state index < -0.39 is 32.5 Å². The van der Waals surface area contributed by atoms with Crippen LogP contribution in [0.5, 0.6) is 0 Å². The third kappa shape index (κ3) is 38.3. The predicted molar refractivity (Wildman–Crippen MR) is 211 cm³/mol. The highest BCUT2D eigenvalue weighted by molar-refractivity contribution is 7.47. The van der Waals surface area contributed by atoms with Gasteiger partial charge in [-0.3, -0.25) is 18.6 Å². The van der Waals surface area contributed by atoms with Crippen LogP contribution in [-0.2, 0) is 32.7 Å². The molecule has 10 heteroatoms. The van der Waals surface area contributed by atoms with Gasteiger partial charge in [0.25, 0.3) is 0 Å². The first kappa shape index (κ1) is 49.8. The molecule has 51 heavy (non-hydrogen) atoms. The number of unbranched alkanes of at least 4 members (excludes halogenated alkanes) is 25. The van der Waals surface area contributed by atoms with Crippen molar-refractivity contribution < 1.29 is 37.6 Å². The minimum absolute atomic E-state index is 0.0543. The second-order valence-electron chi connectivity index (χ2n) is 14.2. The summed E-state index contributed by atoms with van der Waals surface area (Å²) in [5.41, 5.74) is 5.34. The summed E-state index contributed by atoms with van der Waals surface area (Å²) in [6, 6.07) is 0. The standard InChI is InChI=1S/C41H80NO8P/c1-3-5-7-9-11-13-15-17-18-19-20-22-24-26-28-30-32-34-41(44)50-39(38-49-51(45,46)48-36-35-42)37-47-40(43)33-31-29-27-25-23-21-16-14-12-10-8-6-4-2/h21,23,39H,3-20,22,24-38,42H2,1-2H3,(H,45,46)/b23-21+/t39-/m1/s1. The maximum atomic E-state index is 12.6. The van der Waals surface area contributed by atoms with Crippen molar-refractivity contribution in [3.05, 3.63) is 12.2 Å². The number of carbonyl (C=O) groups is 2. The summed E-state index contributed by atoms with van der Waals surface area (Å²) in [6.07, 6.45) is 38.1. The van der Waals surface area contributed by atoms with E-state index >= 15 is 0 Å². The molecule has 302 valence electrons. The van der Waals surface area contributed by atoms with Crippen LogP contribution in [0.4, 0.5) is 0 Å². The molecule has 0 fully saturated rings. The molecule has 0 radical (unpaired) electrons. The van der Waals surface area contributed by atoms with Gasteiger partial charge in [0.05, 0.1) is 13.2 Å². The van der Waals surface area contributed by atoms with Gasteiger partial charge in [-0.15, -0.1) is 0 Å². The van der Waals surface area contributed by atoms with Gasteiger partial charge < -0.3 is 20.1 Å². The maximum Gasteiger partial charge on any atom is 0.472 e. The zero-order valence-electron chi connectivity index (χ0n) is 33.1. The Balaban J connectivity index is 4.14. The van der Waals surface area contributed by atoms with Gasteiger partial charge in [0, 0.05) is 19.4 Å². The average Bonchev–Trinajstić information content (AvgIpc) is 3.11. The molecule has 0 saturated carbocycles. The first-order chi connectivity index (χ1) is 24.8. The van der Waals surface area contributed by atoms with Crippen LogP contribution in [0, 0.1) is 0 Å². The summed E-state index contributed by atoms with van der Waals surface area (Å²) in [7, 11) is -4.37. The van der Waals surface area contributed by atoms with Gasteiger partial charge in [-0.25, -0.2) is 4.57 Å². The lowest BCUT2D eigenvalue weighted by atomic mass is 10.0. The topological polar surface area (TPSA) is 134 Å². The quantitative estimate of drug-likeness (QED) is 0.0272. The van der Waals surface area contributed by atoms with Gasteiger partial charge in [0.1, 0.15) is 6.61 Å². The third-order valence-corrected chi connectivity index (χ3v) is 10.1. The van der Waals surface area contributed by atoms with Gasteiger partial charge in [0.15, 0.2) is 6.10 Å². The predicted octanol–water partition coefficient (Wildman–Crippen LogP) is 11.8. The lowest BCUT2D eigenvalue weighted by Gasteiger charge is -2.19. The number of rotatable bonds is 40. The van der Waals surface area contributed by atoms with Gasteiger partial charge in [-0.05, 0) is 38.5 Å². The molecular formula is C41H80NO8P. The Morgan fingerprint density at radius 1 is 0.569 bits per heavy atom. The van der Waals surface area contributed by atoms with Crippen molar-refractivity contribution in [2.24, 2.45) is 5.73 Å². The van der Waals surface area contributed by atoms with E-state index in [2.05, 4.69) is 26.0 Å². The number of carbonyl (C=O) groups excluding carboxylic acids is 2. The molecule has 0 saturated heterocycles. The van der Waals surface area contributed by atoms with E-state index in [0.717, 1.165) is 38.5 Å². The number of phosphoric ester groups is 1. The fraction of sp³-hybridized carbons (Fsp3) is 0.902. The second-order valence-corrected chi connectivity index (χ2v) is 15.7. The Kier molecular flexibility index (Phi) is 37.5. The number of esters is 2. The molecule has 0 bridgehead atoms. The molecule has 0 aromatic rings. The smallest absolute Gasteiger partial charge is 0.462 e. The molecule has 1 unspecified atom stereocenters. The summed E-state index contributed by atoms with van der Waals surface area (Å²) in [4.78, 5) is 34.8. The molecule has 2 atom stereocenters. The van der Waals surface area contributed by atoms with Gasteiger partial charge >= 0.3 is 19.8 Å². The molecule has 0 aromatic heterocycles. The Hall–Kier alpha value is -1.25. The minimum atomic E-state index is -4.37. The van der Waals surface area contributed by atoms with E-state index in [-0.39, 0.29) is 32.6 Å². The van der Waals surface area contributed by atoms with Crippen LogP contribution in [0.15, 0.2) is 12.2 Å². The molecule has 0 aromatic carbocycles. The van der Waals surface area contributed by atoms with Crippen molar-refractivity contribution in [3.8, 4) is 0 Å². The maximum absolute atomic E-state index is 12.6. The van der Waals surface area contributed by atoms with Crippen molar-refractivity contribution in [2.45, 2.75) is 213 Å². The van der Waals surface area contributed by atoms with Crippen LogP contribution >= 0.6 is 7.82 Å². The highest BCUT2D eigenvalue weighted by atomic mass is 31.2. The Bertz CT molecular complexity index is 856. The number of hydrogen-bond acceptors (Lipinski definition) is 8. The fourth-order valence-corrected chi connectivity index (χ4v) is 6.75. The molecule has 0 heterocycles. The Morgan fingerprint density at radius 3 is 1.41 bits per heavy atom. The number of phosphoric acid groups is 1. The van der Waals surface area contributed by atoms with Gasteiger partial charge in [-0.1, -0.05) is 167 Å². The molecule has 0 aliphatic rings. The van der Waals surface area contributed by atoms with Crippen LogP contribution in [-0.4, -0.2) is 49.3 Å². The molecular weight excluding hydrogens is 665 g/mol. The Labute approximate surface area is 313 Å². The normalized spacial score (nSPS) is 13.4. The highest BCUT2D eigenvalue weighted by Gasteiger charge is 2.26. The second kappa shape index (κ2) is 38.5. The van der Waals surface area contributed by atoms with E-state index in [1.165, 1.54) is 128 Å². The molecule has 0 aliphatic heterocycles. The van der Waals surface area contributed by atoms with Crippen LogP contribution in [0.1, 0.15) is 206 Å². The summed E-state index contributed by atoms with van der Waals surface area (Å²) >= 11 is 0. The zero-order valence-corrected chi connectivity index (χ0v) is 34.0. The summed E-state index contributed by atoms with van der Waals surface area (Å²) in [6.45, 7) is 3.73. The van der Waals surface area contributed by atoms with E-state index in [0.29, 0.717) is 12.8 Å². The number of ether oxygens (including phenoxy) is 2. The largest absolute Gasteiger partial charge is 0.472 e. The molecule has 0 aliphatic carbocycles. The van der Waals surface area contributed by atoms with E-state index in [1.54, 1.807) is 0 Å². The van der Waals surface area contributed by atoms with Gasteiger partial charge in [-0.2, -0.15) is 0 Å². The lowest BCUT2D eigenvalue weighted by Crippen LogP contribution is -2.29.